The van der Waals surface area contributed by atoms with Crippen molar-refractivity contribution in [1.29, 1.82) is 5.26 Å². The van der Waals surface area contributed by atoms with Crippen molar-refractivity contribution in [2.45, 2.75) is 59.0 Å². The monoisotopic (exact) mass is 328 g/mol. The second-order valence-corrected chi connectivity index (χ2v) is 7.35. The summed E-state index contributed by atoms with van der Waals surface area (Å²) in [6, 6.07) is 2.03. The van der Waals surface area contributed by atoms with Crippen LogP contribution < -0.4 is 10.9 Å². The van der Waals surface area contributed by atoms with E-state index in [0.717, 1.165) is 16.5 Å². The van der Waals surface area contributed by atoms with Crippen LogP contribution in [0.5, 0.6) is 0 Å². The van der Waals surface area contributed by atoms with Gasteiger partial charge in [0.1, 0.15) is 18.2 Å². The number of rotatable bonds is 4. The number of amides is 1. The fourth-order valence-corrected chi connectivity index (χ4v) is 4.46. The van der Waals surface area contributed by atoms with E-state index in [1.54, 1.807) is 13.8 Å². The van der Waals surface area contributed by atoms with Crippen LogP contribution in [-0.4, -0.2) is 21.7 Å². The topological polar surface area (TPSA) is 87.8 Å². The van der Waals surface area contributed by atoms with Crippen molar-refractivity contribution in [2.24, 2.45) is 17.8 Å². The lowest BCUT2D eigenvalue weighted by molar-refractivity contribution is -0.123. The molecule has 0 spiro atoms. The van der Waals surface area contributed by atoms with Crippen LogP contribution in [0.4, 0.5) is 0 Å². The van der Waals surface area contributed by atoms with Gasteiger partial charge < -0.3 is 5.32 Å². The molecule has 2 bridgehead atoms. The molecule has 4 atom stereocenters. The third-order valence-corrected chi connectivity index (χ3v) is 5.87. The molecule has 128 valence electrons. The second kappa shape index (κ2) is 6.39. The Labute approximate surface area is 141 Å². The van der Waals surface area contributed by atoms with Gasteiger partial charge in [0.2, 0.25) is 5.91 Å². The summed E-state index contributed by atoms with van der Waals surface area (Å²) in [5, 5.41) is 16.3. The van der Waals surface area contributed by atoms with E-state index >= 15 is 0 Å². The minimum atomic E-state index is -0.497. The van der Waals surface area contributed by atoms with Crippen LogP contribution in [-0.2, 0) is 11.3 Å². The Morgan fingerprint density at radius 3 is 2.75 bits per heavy atom. The number of aromatic nitrogens is 2. The maximum Gasteiger partial charge on any atom is 0.285 e. The highest BCUT2D eigenvalue weighted by Crippen LogP contribution is 2.49. The SMILES string of the molecule is Cc1nn(CC(=O)NC(C)C2CC3CCC2C3)c(=O)c(C#N)c1C. The lowest BCUT2D eigenvalue weighted by Gasteiger charge is -2.28. The summed E-state index contributed by atoms with van der Waals surface area (Å²) in [4.78, 5) is 24.6. The highest BCUT2D eigenvalue weighted by atomic mass is 16.2. The van der Waals surface area contributed by atoms with Gasteiger partial charge in [0.25, 0.3) is 5.56 Å². The summed E-state index contributed by atoms with van der Waals surface area (Å²) in [6.07, 6.45) is 5.11. The minimum Gasteiger partial charge on any atom is -0.352 e. The molecule has 0 saturated heterocycles. The molecule has 6 nitrogen and oxygen atoms in total. The molecule has 1 heterocycles. The summed E-state index contributed by atoms with van der Waals surface area (Å²) in [5.41, 5.74) is 0.745. The van der Waals surface area contributed by atoms with E-state index in [-0.39, 0.29) is 24.1 Å². The summed E-state index contributed by atoms with van der Waals surface area (Å²) < 4.78 is 1.10. The van der Waals surface area contributed by atoms with Crippen LogP contribution in [0.15, 0.2) is 4.79 Å². The third-order valence-electron chi connectivity index (χ3n) is 5.87. The van der Waals surface area contributed by atoms with E-state index in [0.29, 0.717) is 17.2 Å². The number of hydrogen-bond acceptors (Lipinski definition) is 4. The molecule has 6 heteroatoms. The average molecular weight is 328 g/mol. The van der Waals surface area contributed by atoms with Crippen molar-refractivity contribution in [3.63, 3.8) is 0 Å². The second-order valence-electron chi connectivity index (χ2n) is 7.35. The number of hydrogen-bond donors (Lipinski definition) is 1. The van der Waals surface area contributed by atoms with Crippen molar-refractivity contribution in [2.75, 3.05) is 0 Å². The maximum absolute atomic E-state index is 12.3. The molecule has 1 aromatic rings. The molecule has 2 fully saturated rings. The molecule has 3 rings (SSSR count). The third kappa shape index (κ3) is 2.95. The van der Waals surface area contributed by atoms with E-state index in [4.69, 9.17) is 5.26 Å². The number of carbonyl (C=O) groups excluding carboxylic acids is 1. The van der Waals surface area contributed by atoms with Crippen LogP contribution in [0.3, 0.4) is 0 Å². The molecular weight excluding hydrogens is 304 g/mol. The first-order valence-corrected chi connectivity index (χ1v) is 8.68. The van der Waals surface area contributed by atoms with Gasteiger partial charge in [-0.15, -0.1) is 0 Å². The van der Waals surface area contributed by atoms with Crippen molar-refractivity contribution >= 4 is 5.91 Å². The van der Waals surface area contributed by atoms with Crippen LogP contribution in [0.25, 0.3) is 0 Å². The van der Waals surface area contributed by atoms with E-state index in [9.17, 15) is 9.59 Å². The van der Waals surface area contributed by atoms with Gasteiger partial charge in [-0.3, -0.25) is 9.59 Å². The summed E-state index contributed by atoms with van der Waals surface area (Å²) in [7, 11) is 0. The highest BCUT2D eigenvalue weighted by Gasteiger charge is 2.42. The molecule has 2 aliphatic rings. The van der Waals surface area contributed by atoms with E-state index < -0.39 is 5.56 Å². The largest absolute Gasteiger partial charge is 0.352 e. The van der Waals surface area contributed by atoms with Gasteiger partial charge >= 0.3 is 0 Å². The van der Waals surface area contributed by atoms with Crippen molar-refractivity contribution < 1.29 is 4.79 Å². The summed E-state index contributed by atoms with van der Waals surface area (Å²) >= 11 is 0. The van der Waals surface area contributed by atoms with Gasteiger partial charge in [-0.2, -0.15) is 10.4 Å². The Morgan fingerprint density at radius 2 is 2.17 bits per heavy atom. The van der Waals surface area contributed by atoms with Gasteiger partial charge in [-0.1, -0.05) is 6.42 Å². The number of aryl methyl sites for hydroxylation is 1. The fraction of sp³-hybridized carbons (Fsp3) is 0.667. The Hall–Kier alpha value is -2.16. The zero-order chi connectivity index (χ0) is 17.4. The smallest absolute Gasteiger partial charge is 0.285 e. The number of nitrogens with zero attached hydrogens (tertiary/aromatic N) is 3. The number of carbonyl (C=O) groups is 1. The minimum absolute atomic E-state index is 0.0662. The van der Waals surface area contributed by atoms with Gasteiger partial charge in [-0.25, -0.2) is 4.68 Å². The first-order chi connectivity index (χ1) is 11.4. The molecule has 0 aromatic carbocycles. The van der Waals surface area contributed by atoms with Gasteiger partial charge in [0.05, 0.1) is 5.69 Å². The maximum atomic E-state index is 12.3. The standard InChI is InChI=1S/C18H24N4O2/c1-10-11(2)21-22(18(24)16(10)8-19)9-17(23)20-12(3)15-7-13-4-5-14(15)6-13/h12-15H,4-7,9H2,1-3H3,(H,20,23). The first kappa shape index (κ1) is 16.7. The van der Waals surface area contributed by atoms with Gasteiger partial charge in [0.15, 0.2) is 0 Å². The Morgan fingerprint density at radius 1 is 1.42 bits per heavy atom. The van der Waals surface area contributed by atoms with Crippen LogP contribution in [0.1, 0.15) is 49.4 Å². The van der Waals surface area contributed by atoms with E-state index in [1.165, 1.54) is 25.7 Å². The average Bonchev–Trinajstić information content (AvgIpc) is 3.16. The summed E-state index contributed by atoms with van der Waals surface area (Å²) in [6.45, 7) is 5.35. The van der Waals surface area contributed by atoms with Crippen LogP contribution in [0, 0.1) is 42.9 Å². The Bertz CT molecular complexity index is 762. The van der Waals surface area contributed by atoms with Crippen molar-refractivity contribution in [3.8, 4) is 6.07 Å². The molecule has 2 aliphatic carbocycles. The van der Waals surface area contributed by atoms with Gasteiger partial charge in [0, 0.05) is 6.04 Å². The Kier molecular flexibility index (Phi) is 4.44. The number of nitrogens with one attached hydrogen (secondary N) is 1. The van der Waals surface area contributed by atoms with Crippen LogP contribution in [0.2, 0.25) is 0 Å². The predicted molar refractivity (Wildman–Crippen MR) is 89.2 cm³/mol. The highest BCUT2D eigenvalue weighted by molar-refractivity contribution is 5.76. The molecule has 4 unspecified atom stereocenters. The predicted octanol–water partition coefficient (Wildman–Crippen LogP) is 1.67. The Balaban J connectivity index is 1.68. The molecule has 0 radical (unpaired) electrons. The van der Waals surface area contributed by atoms with Crippen LogP contribution >= 0.6 is 0 Å². The van der Waals surface area contributed by atoms with E-state index in [1.807, 2.05) is 6.07 Å². The lowest BCUT2D eigenvalue weighted by Crippen LogP contribution is -2.43. The number of fused-ring (bicyclic) bond motifs is 2. The van der Waals surface area contributed by atoms with Crippen molar-refractivity contribution in [3.05, 3.63) is 27.2 Å². The lowest BCUT2D eigenvalue weighted by atomic mass is 9.84. The molecule has 2 saturated carbocycles. The molecule has 1 amide bonds. The normalized spacial score (nSPS) is 26.2. The molecule has 0 aliphatic heterocycles. The van der Waals surface area contributed by atoms with Crippen molar-refractivity contribution in [1.82, 2.24) is 15.1 Å². The number of nitriles is 1. The fourth-order valence-electron chi connectivity index (χ4n) is 4.46. The molecular formula is C18H24N4O2. The molecule has 1 N–H and O–H groups in total. The van der Waals surface area contributed by atoms with E-state index in [2.05, 4.69) is 17.3 Å². The quantitative estimate of drug-likeness (QED) is 0.911. The molecule has 24 heavy (non-hydrogen) atoms. The zero-order valence-corrected chi connectivity index (χ0v) is 14.5. The first-order valence-electron chi connectivity index (χ1n) is 8.68. The molecule has 1 aromatic heterocycles. The summed E-state index contributed by atoms with van der Waals surface area (Å²) in [5.74, 6) is 1.90. The van der Waals surface area contributed by atoms with Gasteiger partial charge in [-0.05, 0) is 63.4 Å². The zero-order valence-electron chi connectivity index (χ0n) is 14.5.